The Morgan fingerprint density at radius 1 is 0.900 bits per heavy atom. The predicted molar refractivity (Wildman–Crippen MR) is 82.8 cm³/mol. The van der Waals surface area contributed by atoms with Crippen molar-refractivity contribution in [2.75, 3.05) is 29.5 Å². The van der Waals surface area contributed by atoms with E-state index in [2.05, 4.69) is 16.0 Å². The van der Waals surface area contributed by atoms with E-state index in [-0.39, 0.29) is 6.03 Å². The first-order chi connectivity index (χ1) is 9.74. The van der Waals surface area contributed by atoms with Crippen molar-refractivity contribution >= 4 is 23.1 Å². The van der Waals surface area contributed by atoms with Crippen LogP contribution in [-0.2, 0) is 0 Å². The number of anilines is 3. The summed E-state index contributed by atoms with van der Waals surface area (Å²) in [6.45, 7) is 1.18. The number of urea groups is 1. The molecule has 5 heteroatoms. The summed E-state index contributed by atoms with van der Waals surface area (Å²) in [6.07, 6.45) is 0. The fourth-order valence-electron chi connectivity index (χ4n) is 1.68. The molecule has 20 heavy (non-hydrogen) atoms. The van der Waals surface area contributed by atoms with E-state index in [1.165, 1.54) is 0 Å². The maximum absolute atomic E-state index is 11.6. The van der Waals surface area contributed by atoms with Crippen molar-refractivity contribution in [2.24, 2.45) is 0 Å². The number of nitrogen functional groups attached to an aromatic ring is 1. The van der Waals surface area contributed by atoms with E-state index in [9.17, 15) is 4.79 Å². The van der Waals surface area contributed by atoms with Crippen LogP contribution in [0.3, 0.4) is 0 Å². The fraction of sp³-hybridized carbons (Fsp3) is 0.133. The van der Waals surface area contributed by atoms with Crippen molar-refractivity contribution in [3.8, 4) is 0 Å². The number of hydrogen-bond donors (Lipinski definition) is 4. The minimum Gasteiger partial charge on any atom is -0.399 e. The van der Waals surface area contributed by atoms with Crippen LogP contribution in [0.2, 0.25) is 0 Å². The zero-order chi connectivity index (χ0) is 14.2. The van der Waals surface area contributed by atoms with Crippen LogP contribution < -0.4 is 21.7 Å². The molecule has 0 aromatic heterocycles. The number of nitrogens with two attached hydrogens (primary N) is 1. The van der Waals surface area contributed by atoms with Crippen LogP contribution >= 0.6 is 0 Å². The third kappa shape index (κ3) is 4.53. The number of amides is 2. The number of carbonyl (C=O) groups is 1. The normalized spacial score (nSPS) is 9.80. The van der Waals surface area contributed by atoms with Gasteiger partial charge in [-0.2, -0.15) is 0 Å². The largest absolute Gasteiger partial charge is 0.399 e. The van der Waals surface area contributed by atoms with Gasteiger partial charge in [0.05, 0.1) is 0 Å². The second kappa shape index (κ2) is 7.04. The van der Waals surface area contributed by atoms with Gasteiger partial charge in [-0.15, -0.1) is 0 Å². The molecule has 0 saturated carbocycles. The van der Waals surface area contributed by atoms with Crippen LogP contribution in [0.15, 0.2) is 54.6 Å². The first-order valence-corrected chi connectivity index (χ1v) is 6.43. The first-order valence-electron chi connectivity index (χ1n) is 6.43. The molecule has 5 N–H and O–H groups in total. The Balaban J connectivity index is 1.66. The van der Waals surface area contributed by atoms with E-state index in [0.717, 1.165) is 17.1 Å². The average Bonchev–Trinajstić information content (AvgIpc) is 2.46. The van der Waals surface area contributed by atoms with Crippen LogP contribution in [0.4, 0.5) is 21.9 Å². The molecule has 2 aromatic rings. The van der Waals surface area contributed by atoms with E-state index in [0.29, 0.717) is 13.1 Å². The summed E-state index contributed by atoms with van der Waals surface area (Å²) < 4.78 is 0. The highest BCUT2D eigenvalue weighted by atomic mass is 16.2. The summed E-state index contributed by atoms with van der Waals surface area (Å²) in [5.41, 5.74) is 8.08. The molecule has 0 saturated heterocycles. The van der Waals surface area contributed by atoms with Crippen molar-refractivity contribution in [3.05, 3.63) is 54.6 Å². The lowest BCUT2D eigenvalue weighted by atomic mass is 10.3. The van der Waals surface area contributed by atoms with Gasteiger partial charge in [-0.05, 0) is 36.4 Å². The second-order valence-corrected chi connectivity index (χ2v) is 4.30. The van der Waals surface area contributed by atoms with Crippen LogP contribution in [-0.4, -0.2) is 19.1 Å². The SMILES string of the molecule is Nc1ccc(NCCNC(=O)Nc2ccccc2)cc1. The Labute approximate surface area is 118 Å². The molecule has 2 aromatic carbocycles. The molecule has 0 radical (unpaired) electrons. The van der Waals surface area contributed by atoms with E-state index in [1.807, 2.05) is 54.6 Å². The van der Waals surface area contributed by atoms with Crippen LogP contribution in [0.25, 0.3) is 0 Å². The molecule has 5 nitrogen and oxygen atoms in total. The average molecular weight is 270 g/mol. The van der Waals surface area contributed by atoms with Crippen LogP contribution in [0.1, 0.15) is 0 Å². The summed E-state index contributed by atoms with van der Waals surface area (Å²) in [4.78, 5) is 11.6. The van der Waals surface area contributed by atoms with E-state index < -0.39 is 0 Å². The molecule has 2 amide bonds. The zero-order valence-corrected chi connectivity index (χ0v) is 11.1. The zero-order valence-electron chi connectivity index (χ0n) is 11.1. The maximum Gasteiger partial charge on any atom is 0.319 e. The number of carbonyl (C=O) groups excluding carboxylic acids is 1. The van der Waals surface area contributed by atoms with E-state index >= 15 is 0 Å². The molecule has 0 unspecified atom stereocenters. The molecule has 0 aliphatic heterocycles. The lowest BCUT2D eigenvalue weighted by Gasteiger charge is -2.09. The van der Waals surface area contributed by atoms with Crippen LogP contribution in [0, 0.1) is 0 Å². The van der Waals surface area contributed by atoms with E-state index in [1.54, 1.807) is 0 Å². The molecule has 0 heterocycles. The quantitative estimate of drug-likeness (QED) is 0.498. The molecule has 0 spiro atoms. The van der Waals surface area contributed by atoms with Gasteiger partial charge in [0, 0.05) is 30.2 Å². The number of para-hydroxylation sites is 1. The van der Waals surface area contributed by atoms with Gasteiger partial charge in [0.25, 0.3) is 0 Å². The van der Waals surface area contributed by atoms with Crippen molar-refractivity contribution in [2.45, 2.75) is 0 Å². The Kier molecular flexibility index (Phi) is 4.83. The topological polar surface area (TPSA) is 79.2 Å². The third-order valence-corrected chi connectivity index (χ3v) is 2.68. The van der Waals surface area contributed by atoms with Gasteiger partial charge in [-0.25, -0.2) is 4.79 Å². The van der Waals surface area contributed by atoms with Crippen LogP contribution in [0.5, 0.6) is 0 Å². The Hall–Kier alpha value is -2.69. The molecule has 2 rings (SSSR count). The highest BCUT2D eigenvalue weighted by Gasteiger charge is 1.99. The summed E-state index contributed by atoms with van der Waals surface area (Å²) in [5.74, 6) is 0. The van der Waals surface area contributed by atoms with Crippen molar-refractivity contribution < 1.29 is 4.79 Å². The number of nitrogens with one attached hydrogen (secondary N) is 3. The molecule has 0 bridgehead atoms. The molecule has 104 valence electrons. The highest BCUT2D eigenvalue weighted by Crippen LogP contribution is 2.09. The molecule has 0 atom stereocenters. The number of rotatable bonds is 5. The minimum absolute atomic E-state index is 0.213. The molecular formula is C15H18N4O. The lowest BCUT2D eigenvalue weighted by Crippen LogP contribution is -2.32. The van der Waals surface area contributed by atoms with Gasteiger partial charge in [0.1, 0.15) is 0 Å². The molecule has 0 aliphatic carbocycles. The van der Waals surface area contributed by atoms with Gasteiger partial charge in [0.2, 0.25) is 0 Å². The fourth-order valence-corrected chi connectivity index (χ4v) is 1.68. The van der Waals surface area contributed by atoms with E-state index in [4.69, 9.17) is 5.73 Å². The predicted octanol–water partition coefficient (Wildman–Crippen LogP) is 2.50. The molecule has 0 fully saturated rings. The number of hydrogen-bond acceptors (Lipinski definition) is 3. The van der Waals surface area contributed by atoms with Gasteiger partial charge in [-0.3, -0.25) is 0 Å². The Morgan fingerprint density at radius 3 is 2.30 bits per heavy atom. The number of benzene rings is 2. The minimum atomic E-state index is -0.213. The molecular weight excluding hydrogens is 252 g/mol. The third-order valence-electron chi connectivity index (χ3n) is 2.68. The molecule has 0 aliphatic rings. The second-order valence-electron chi connectivity index (χ2n) is 4.30. The Bertz CT molecular complexity index is 540. The monoisotopic (exact) mass is 270 g/mol. The van der Waals surface area contributed by atoms with Gasteiger partial charge >= 0.3 is 6.03 Å². The van der Waals surface area contributed by atoms with Crippen molar-refractivity contribution in [1.82, 2.24) is 5.32 Å². The Morgan fingerprint density at radius 2 is 1.60 bits per heavy atom. The first kappa shape index (κ1) is 13.7. The summed E-state index contributed by atoms with van der Waals surface area (Å²) in [6, 6.07) is 16.6. The van der Waals surface area contributed by atoms with Crippen molar-refractivity contribution in [3.63, 3.8) is 0 Å². The van der Waals surface area contributed by atoms with Gasteiger partial charge in [0.15, 0.2) is 0 Å². The van der Waals surface area contributed by atoms with Gasteiger partial charge in [-0.1, -0.05) is 18.2 Å². The highest BCUT2D eigenvalue weighted by molar-refractivity contribution is 5.89. The van der Waals surface area contributed by atoms with Crippen molar-refractivity contribution in [1.29, 1.82) is 0 Å². The standard InChI is InChI=1S/C15H18N4O/c16-12-6-8-13(9-7-12)17-10-11-18-15(20)19-14-4-2-1-3-5-14/h1-9,17H,10-11,16H2,(H2,18,19,20). The summed E-state index contributed by atoms with van der Waals surface area (Å²) >= 11 is 0. The maximum atomic E-state index is 11.6. The summed E-state index contributed by atoms with van der Waals surface area (Å²) in [5, 5.41) is 8.72. The summed E-state index contributed by atoms with van der Waals surface area (Å²) in [7, 11) is 0. The lowest BCUT2D eigenvalue weighted by molar-refractivity contribution is 0.252. The van der Waals surface area contributed by atoms with Gasteiger partial charge < -0.3 is 21.7 Å². The smallest absolute Gasteiger partial charge is 0.319 e.